The molecule has 2 aliphatic heterocycles. The van der Waals surface area contributed by atoms with Crippen LogP contribution < -0.4 is 5.32 Å². The minimum absolute atomic E-state index is 0.00659. The molecule has 0 radical (unpaired) electrons. The van der Waals surface area contributed by atoms with Crippen molar-refractivity contribution in [2.75, 3.05) is 33.0 Å². The summed E-state index contributed by atoms with van der Waals surface area (Å²) in [6, 6.07) is 8.94. The molecule has 7 nitrogen and oxygen atoms in total. The van der Waals surface area contributed by atoms with E-state index >= 15 is 0 Å². The molecule has 3 rings (SSSR count). The first kappa shape index (κ1) is 14.8. The minimum atomic E-state index is -1.31. The Hall–Kier alpha value is -2.12. The van der Waals surface area contributed by atoms with Crippen LogP contribution in [0.15, 0.2) is 30.3 Å². The van der Waals surface area contributed by atoms with Crippen LogP contribution in [0.3, 0.4) is 0 Å². The van der Waals surface area contributed by atoms with E-state index in [1.807, 2.05) is 30.3 Å². The molecule has 1 aromatic carbocycles. The molecule has 2 fully saturated rings. The molecule has 0 aliphatic carbocycles. The number of hydrogen-bond donors (Lipinski definition) is 2. The van der Waals surface area contributed by atoms with Crippen molar-refractivity contribution in [3.63, 3.8) is 0 Å². The van der Waals surface area contributed by atoms with Crippen LogP contribution in [0.4, 0.5) is 4.79 Å². The third-order valence-electron chi connectivity index (χ3n) is 4.10. The molecule has 2 amide bonds. The van der Waals surface area contributed by atoms with Gasteiger partial charge in [0.25, 0.3) is 5.91 Å². The highest BCUT2D eigenvalue weighted by Gasteiger charge is 2.52. The highest BCUT2D eigenvalue weighted by atomic mass is 16.5. The predicted molar refractivity (Wildman–Crippen MR) is 76.4 cm³/mol. The Bertz CT molecular complexity index is 554. The van der Waals surface area contributed by atoms with E-state index in [2.05, 4.69) is 5.32 Å². The third kappa shape index (κ3) is 2.53. The fourth-order valence-electron chi connectivity index (χ4n) is 2.88. The van der Waals surface area contributed by atoms with Crippen molar-refractivity contribution < 1.29 is 24.2 Å². The van der Waals surface area contributed by atoms with Crippen LogP contribution >= 0.6 is 0 Å². The molecular formula is C15H18N2O5. The van der Waals surface area contributed by atoms with Gasteiger partial charge in [0.05, 0.1) is 32.5 Å². The van der Waals surface area contributed by atoms with E-state index in [0.717, 1.165) is 10.5 Å². The standard InChI is InChI=1S/C15H18N2O5/c18-13-15(9-21-6-7-22-10-15)17(14(19)20)8-12(16-13)11-4-2-1-3-5-11/h1-5,12H,6-10H2,(H,16,18)(H,19,20). The Morgan fingerprint density at radius 2 is 1.86 bits per heavy atom. The first-order valence-corrected chi connectivity index (χ1v) is 7.15. The van der Waals surface area contributed by atoms with Crippen molar-refractivity contribution in [2.24, 2.45) is 0 Å². The molecule has 2 heterocycles. The highest BCUT2D eigenvalue weighted by molar-refractivity contribution is 5.91. The maximum absolute atomic E-state index is 12.6. The average molecular weight is 306 g/mol. The second-order valence-electron chi connectivity index (χ2n) is 5.47. The fourth-order valence-corrected chi connectivity index (χ4v) is 2.88. The van der Waals surface area contributed by atoms with Crippen molar-refractivity contribution in [3.8, 4) is 0 Å². The Kier molecular flexibility index (Phi) is 4.00. The number of piperazine rings is 1. The average Bonchev–Trinajstić information content (AvgIpc) is 2.77. The van der Waals surface area contributed by atoms with Gasteiger partial charge in [0.2, 0.25) is 0 Å². The summed E-state index contributed by atoms with van der Waals surface area (Å²) in [6.45, 7) is 0.881. The molecular weight excluding hydrogens is 288 g/mol. The van der Waals surface area contributed by atoms with Crippen molar-refractivity contribution in [3.05, 3.63) is 35.9 Å². The number of hydrogen-bond acceptors (Lipinski definition) is 4. The Balaban J connectivity index is 1.91. The molecule has 0 bridgehead atoms. The lowest BCUT2D eigenvalue weighted by Gasteiger charge is -2.45. The molecule has 1 aromatic rings. The van der Waals surface area contributed by atoms with Crippen LogP contribution in [0.5, 0.6) is 0 Å². The van der Waals surface area contributed by atoms with Gasteiger partial charge >= 0.3 is 6.09 Å². The second kappa shape index (κ2) is 5.94. The van der Waals surface area contributed by atoms with Gasteiger partial charge in [0, 0.05) is 6.54 Å². The number of carbonyl (C=O) groups excluding carboxylic acids is 1. The number of nitrogens with one attached hydrogen (secondary N) is 1. The van der Waals surface area contributed by atoms with E-state index in [9.17, 15) is 14.7 Å². The van der Waals surface area contributed by atoms with Gasteiger partial charge in [-0.3, -0.25) is 9.69 Å². The molecule has 0 aromatic heterocycles. The molecule has 1 spiro atoms. The summed E-state index contributed by atoms with van der Waals surface area (Å²) in [7, 11) is 0. The third-order valence-corrected chi connectivity index (χ3v) is 4.10. The van der Waals surface area contributed by atoms with Gasteiger partial charge in [-0.2, -0.15) is 0 Å². The molecule has 1 atom stereocenters. The van der Waals surface area contributed by atoms with Gasteiger partial charge in [-0.05, 0) is 5.56 Å². The maximum Gasteiger partial charge on any atom is 0.408 e. The van der Waals surface area contributed by atoms with Gasteiger partial charge in [0.15, 0.2) is 5.54 Å². The zero-order valence-electron chi connectivity index (χ0n) is 12.0. The Morgan fingerprint density at radius 1 is 1.23 bits per heavy atom. The number of carboxylic acid groups (broad SMARTS) is 1. The SMILES string of the molecule is O=C(O)N1CC(c2ccccc2)NC(=O)C12COCCOC2. The fraction of sp³-hybridized carbons (Fsp3) is 0.467. The van der Waals surface area contributed by atoms with Crippen LogP contribution in [0.25, 0.3) is 0 Å². The molecule has 0 saturated carbocycles. The number of ether oxygens (including phenoxy) is 2. The smallest absolute Gasteiger partial charge is 0.408 e. The van der Waals surface area contributed by atoms with E-state index in [1.165, 1.54) is 0 Å². The number of benzene rings is 1. The van der Waals surface area contributed by atoms with Crippen LogP contribution in [0, 0.1) is 0 Å². The largest absolute Gasteiger partial charge is 0.465 e. The minimum Gasteiger partial charge on any atom is -0.465 e. The van der Waals surface area contributed by atoms with Crippen LogP contribution in [0.1, 0.15) is 11.6 Å². The molecule has 118 valence electrons. The number of rotatable bonds is 1. The van der Waals surface area contributed by atoms with Crippen molar-refractivity contribution in [1.82, 2.24) is 10.2 Å². The summed E-state index contributed by atoms with van der Waals surface area (Å²) in [5.74, 6) is -0.378. The van der Waals surface area contributed by atoms with Crippen molar-refractivity contribution >= 4 is 12.0 Å². The van der Waals surface area contributed by atoms with Crippen LogP contribution in [-0.4, -0.2) is 60.5 Å². The predicted octanol–water partition coefficient (Wildman–Crippen LogP) is 0.623. The van der Waals surface area contributed by atoms with Crippen LogP contribution in [0.2, 0.25) is 0 Å². The molecule has 2 aliphatic rings. The number of carbonyl (C=O) groups is 2. The normalized spacial score (nSPS) is 24.6. The van der Waals surface area contributed by atoms with Gasteiger partial charge < -0.3 is 19.9 Å². The zero-order chi connectivity index (χ0) is 15.6. The summed E-state index contributed by atoms with van der Waals surface area (Å²) in [5.41, 5.74) is -0.444. The monoisotopic (exact) mass is 306 g/mol. The molecule has 1 unspecified atom stereocenters. The lowest BCUT2D eigenvalue weighted by molar-refractivity contribution is -0.144. The van der Waals surface area contributed by atoms with Crippen molar-refractivity contribution in [1.29, 1.82) is 0 Å². The first-order chi connectivity index (χ1) is 10.6. The molecule has 2 saturated heterocycles. The van der Waals surface area contributed by atoms with E-state index in [4.69, 9.17) is 9.47 Å². The zero-order valence-corrected chi connectivity index (χ0v) is 12.0. The summed E-state index contributed by atoms with van der Waals surface area (Å²) in [6.07, 6.45) is -1.15. The first-order valence-electron chi connectivity index (χ1n) is 7.15. The maximum atomic E-state index is 12.6. The van der Waals surface area contributed by atoms with Gasteiger partial charge in [-0.25, -0.2) is 4.79 Å². The number of nitrogens with zero attached hydrogens (tertiary/aromatic N) is 1. The van der Waals surface area contributed by atoms with E-state index in [1.54, 1.807) is 0 Å². The number of amides is 2. The summed E-state index contributed by atoms with van der Waals surface area (Å²) < 4.78 is 10.8. The van der Waals surface area contributed by atoms with Crippen LogP contribution in [-0.2, 0) is 14.3 Å². The Morgan fingerprint density at radius 3 is 2.45 bits per heavy atom. The van der Waals surface area contributed by atoms with E-state index in [0.29, 0.717) is 13.2 Å². The quantitative estimate of drug-likeness (QED) is 0.794. The topological polar surface area (TPSA) is 88.1 Å². The Labute approximate surface area is 127 Å². The van der Waals surface area contributed by atoms with Gasteiger partial charge in [0.1, 0.15) is 0 Å². The molecule has 22 heavy (non-hydrogen) atoms. The summed E-state index contributed by atoms with van der Waals surface area (Å²) >= 11 is 0. The van der Waals surface area contributed by atoms with Gasteiger partial charge in [-0.15, -0.1) is 0 Å². The van der Waals surface area contributed by atoms with E-state index in [-0.39, 0.29) is 31.7 Å². The van der Waals surface area contributed by atoms with Crippen molar-refractivity contribution in [2.45, 2.75) is 11.6 Å². The lowest BCUT2D eigenvalue weighted by atomic mass is 9.91. The molecule has 2 N–H and O–H groups in total. The second-order valence-corrected chi connectivity index (χ2v) is 5.47. The summed E-state index contributed by atoms with van der Waals surface area (Å²) in [4.78, 5) is 25.5. The van der Waals surface area contributed by atoms with E-state index < -0.39 is 11.6 Å². The van der Waals surface area contributed by atoms with Gasteiger partial charge in [-0.1, -0.05) is 30.3 Å². The summed E-state index contributed by atoms with van der Waals surface area (Å²) in [5, 5.41) is 12.5. The lowest BCUT2D eigenvalue weighted by Crippen LogP contribution is -2.70. The highest BCUT2D eigenvalue weighted by Crippen LogP contribution is 2.29. The molecule has 7 heteroatoms.